The number of carbonyl (C=O) groups excluding carboxylic acids is 2. The van der Waals surface area contributed by atoms with Gasteiger partial charge in [-0.1, -0.05) is 0 Å². The predicted octanol–water partition coefficient (Wildman–Crippen LogP) is -3.99. The monoisotopic (exact) mass is 339 g/mol. The lowest BCUT2D eigenvalue weighted by atomic mass is 10.1. The Bertz CT molecular complexity index is 409. The fourth-order valence-electron chi connectivity index (χ4n) is 0.941. The first-order valence-electron chi connectivity index (χ1n) is 4.67. The van der Waals surface area contributed by atoms with E-state index in [-0.39, 0.29) is 0 Å². The van der Waals surface area contributed by atoms with E-state index in [0.717, 1.165) is 0 Å². The first-order valence-corrected chi connectivity index (χ1v) is 7.92. The molecule has 0 amide bonds. The zero-order valence-corrected chi connectivity index (χ0v) is 11.3. The molecule has 0 aromatic heterocycles. The number of rotatable bonds is 8. The molecule has 118 valence electrons. The van der Waals surface area contributed by atoms with Gasteiger partial charge in [0.15, 0.2) is 0 Å². The minimum absolute atomic E-state index is 1.14. The van der Waals surface area contributed by atoms with Gasteiger partial charge in [0.1, 0.15) is 12.2 Å². The van der Waals surface area contributed by atoms with Gasteiger partial charge in [-0.15, -0.1) is 0 Å². The Morgan fingerprint density at radius 2 is 1.55 bits per heavy atom. The van der Waals surface area contributed by atoms with E-state index < -0.39 is 52.0 Å². The van der Waals surface area contributed by atoms with E-state index in [0.29, 0.717) is 0 Å². The van der Waals surface area contributed by atoms with Crippen molar-refractivity contribution in [1.82, 2.24) is 0 Å². The average molecular weight is 339 g/mol. The van der Waals surface area contributed by atoms with Crippen LogP contribution in [0.1, 0.15) is 0 Å². The van der Waals surface area contributed by atoms with Crippen LogP contribution in [0.5, 0.6) is 0 Å². The zero-order chi connectivity index (χ0) is 16.3. The lowest BCUT2D eigenvalue weighted by Crippen LogP contribution is -2.44. The average Bonchev–Trinajstić information content (AvgIpc) is 2.29. The van der Waals surface area contributed by atoms with Crippen LogP contribution in [0.3, 0.4) is 0 Å². The Morgan fingerprint density at radius 3 is 1.85 bits per heavy atom. The molecule has 0 fully saturated rings. The van der Waals surface area contributed by atoms with Crippen LogP contribution in [0.15, 0.2) is 0 Å². The number of aliphatic hydroxyl groups is 3. The second-order valence-corrected chi connectivity index (χ2v) is 6.38. The van der Waals surface area contributed by atoms with Crippen molar-refractivity contribution >= 4 is 27.3 Å². The van der Waals surface area contributed by atoms with Crippen LogP contribution < -0.4 is 0 Å². The van der Waals surface area contributed by atoms with Crippen molar-refractivity contribution in [2.45, 2.75) is 18.1 Å². The van der Waals surface area contributed by atoms with Gasteiger partial charge < -0.3 is 25.1 Å². The number of hydrogen-bond donors (Lipinski definition) is 8. The van der Waals surface area contributed by atoms with E-state index in [9.17, 15) is 14.2 Å². The van der Waals surface area contributed by atoms with Gasteiger partial charge in [-0.25, -0.2) is 9.09 Å². The van der Waals surface area contributed by atoms with E-state index >= 15 is 0 Å². The molecule has 0 saturated carbocycles. The zero-order valence-electron chi connectivity index (χ0n) is 9.54. The molecular formula is C6H13O12P2+. The van der Waals surface area contributed by atoms with Crippen molar-refractivity contribution in [2.75, 3.05) is 6.61 Å². The molecule has 0 bridgehead atoms. The van der Waals surface area contributed by atoms with E-state index in [1.807, 2.05) is 0 Å². The number of ketones is 2. The lowest BCUT2D eigenvalue weighted by Gasteiger charge is -2.18. The maximum absolute atomic E-state index is 11.4. The molecule has 0 rings (SSSR count). The van der Waals surface area contributed by atoms with E-state index in [1.165, 1.54) is 0 Å². The SMILES string of the molecule is O=C(C(=O)[C@H](O)[C@H](O)CO)C(OP(=O)(O)O)[P+](O)(O)O. The summed E-state index contributed by atoms with van der Waals surface area (Å²) in [5.41, 5.74) is 0. The highest BCUT2D eigenvalue weighted by Crippen LogP contribution is 2.56. The summed E-state index contributed by atoms with van der Waals surface area (Å²) in [6.07, 6.45) is -4.62. The summed E-state index contributed by atoms with van der Waals surface area (Å²) in [6, 6.07) is 0. The van der Waals surface area contributed by atoms with Gasteiger partial charge in [0.2, 0.25) is 5.78 Å². The third kappa shape index (κ3) is 5.95. The lowest BCUT2D eigenvalue weighted by molar-refractivity contribution is -0.148. The van der Waals surface area contributed by atoms with Crippen LogP contribution in [-0.4, -0.2) is 76.0 Å². The van der Waals surface area contributed by atoms with Crippen molar-refractivity contribution in [3.63, 3.8) is 0 Å². The van der Waals surface area contributed by atoms with E-state index in [1.54, 1.807) is 0 Å². The largest absolute Gasteiger partial charge is 0.473 e. The Kier molecular flexibility index (Phi) is 6.94. The van der Waals surface area contributed by atoms with Crippen LogP contribution >= 0.6 is 15.8 Å². The van der Waals surface area contributed by atoms with Gasteiger partial charge in [0.05, 0.1) is 6.61 Å². The fourth-order valence-corrected chi connectivity index (χ4v) is 2.61. The van der Waals surface area contributed by atoms with Gasteiger partial charge in [-0.05, 0) is 0 Å². The van der Waals surface area contributed by atoms with Crippen LogP contribution in [0.2, 0.25) is 0 Å². The second kappa shape index (κ2) is 7.07. The number of hydrogen-bond acceptors (Lipinski definition) is 10. The third-order valence-electron chi connectivity index (χ3n) is 1.84. The first-order chi connectivity index (χ1) is 8.81. The van der Waals surface area contributed by atoms with Gasteiger partial charge >= 0.3 is 21.6 Å². The van der Waals surface area contributed by atoms with Crippen molar-refractivity contribution in [3.8, 4) is 0 Å². The number of aliphatic hydroxyl groups excluding tert-OH is 3. The van der Waals surface area contributed by atoms with Crippen LogP contribution in [0, 0.1) is 0 Å². The Labute approximate surface area is 111 Å². The van der Waals surface area contributed by atoms with E-state index in [4.69, 9.17) is 39.8 Å². The first kappa shape index (κ1) is 19.6. The van der Waals surface area contributed by atoms with Crippen molar-refractivity contribution in [2.24, 2.45) is 0 Å². The molecule has 0 aromatic carbocycles. The summed E-state index contributed by atoms with van der Waals surface area (Å²) in [4.78, 5) is 66.0. The highest BCUT2D eigenvalue weighted by molar-refractivity contribution is 7.61. The van der Waals surface area contributed by atoms with Crippen LogP contribution in [0.25, 0.3) is 0 Å². The van der Waals surface area contributed by atoms with Gasteiger partial charge in [-0.2, -0.15) is 14.7 Å². The Hall–Kier alpha value is -0.360. The summed E-state index contributed by atoms with van der Waals surface area (Å²) in [7, 11) is -10.8. The molecule has 0 saturated heterocycles. The molecule has 3 atom stereocenters. The molecular weight excluding hydrogens is 326 g/mol. The number of carbonyl (C=O) groups is 2. The van der Waals surface area contributed by atoms with Crippen LogP contribution in [0.4, 0.5) is 0 Å². The van der Waals surface area contributed by atoms with Gasteiger partial charge in [0.25, 0.3) is 5.78 Å². The third-order valence-corrected chi connectivity index (χ3v) is 3.46. The van der Waals surface area contributed by atoms with Crippen LogP contribution in [-0.2, 0) is 18.7 Å². The molecule has 20 heavy (non-hydrogen) atoms. The molecule has 0 aliphatic carbocycles. The topological polar surface area (TPSA) is 222 Å². The molecule has 0 aromatic rings. The standard InChI is InChI=1S/C6H12O12P2/c7-1-2(8)3(9)4(10)5(11)6(19(12,13)14)18-20(15,16)17/h2-3,6-9,12-14H,1H2,(H-,15,16,17)/p+1/t2-,3-,6?/m1/s1. The fraction of sp³-hybridized carbons (Fsp3) is 0.667. The number of phosphoric acid groups is 1. The molecule has 0 heterocycles. The summed E-state index contributed by atoms with van der Waals surface area (Å²) >= 11 is 0. The normalized spacial score (nSPS) is 17.4. The van der Waals surface area contributed by atoms with Gasteiger partial charge in [-0.3, -0.25) is 9.59 Å². The number of Topliss-reactive ketones (excluding diaryl/α,β-unsaturated/α-hetero) is 2. The molecule has 1 unspecified atom stereocenters. The summed E-state index contributed by atoms with van der Waals surface area (Å²) in [6.45, 7) is -1.14. The predicted molar refractivity (Wildman–Crippen MR) is 59.6 cm³/mol. The summed E-state index contributed by atoms with van der Waals surface area (Å²) in [5, 5.41) is 26.5. The minimum atomic E-state index is -5.49. The summed E-state index contributed by atoms with van der Waals surface area (Å²) in [5.74, 6) is -7.09. The Balaban J connectivity index is 5.26. The maximum Gasteiger partial charge on any atom is 0.473 e. The quantitative estimate of drug-likeness (QED) is 0.156. The number of phosphoric ester groups is 1. The smallest absolute Gasteiger partial charge is 0.394 e. The van der Waals surface area contributed by atoms with Crippen molar-refractivity contribution in [1.29, 1.82) is 0 Å². The highest BCUT2D eigenvalue weighted by atomic mass is 31.2. The van der Waals surface area contributed by atoms with E-state index in [2.05, 4.69) is 4.52 Å². The van der Waals surface area contributed by atoms with Gasteiger partial charge in [0, 0.05) is 0 Å². The molecule has 0 spiro atoms. The molecule has 0 aliphatic heterocycles. The highest BCUT2D eigenvalue weighted by Gasteiger charge is 2.56. The van der Waals surface area contributed by atoms with Crippen molar-refractivity contribution < 1.29 is 58.5 Å². The molecule has 0 radical (unpaired) electrons. The second-order valence-electron chi connectivity index (χ2n) is 3.49. The maximum atomic E-state index is 11.4. The Morgan fingerprint density at radius 1 is 1.10 bits per heavy atom. The molecule has 0 aliphatic rings. The molecule has 12 nitrogen and oxygen atoms in total. The minimum Gasteiger partial charge on any atom is -0.394 e. The molecule has 14 heteroatoms. The molecule has 8 N–H and O–H groups in total. The van der Waals surface area contributed by atoms with Crippen molar-refractivity contribution in [3.05, 3.63) is 0 Å². The summed E-state index contributed by atoms with van der Waals surface area (Å²) < 4.78 is 14.1.